The van der Waals surface area contributed by atoms with E-state index in [1.54, 1.807) is 0 Å². The highest BCUT2D eigenvalue weighted by molar-refractivity contribution is 4.92. The molecule has 3 nitrogen and oxygen atoms in total. The van der Waals surface area contributed by atoms with Gasteiger partial charge in [0.05, 0.1) is 0 Å². The lowest BCUT2D eigenvalue weighted by molar-refractivity contribution is 0.237. The summed E-state index contributed by atoms with van der Waals surface area (Å²) in [4.78, 5) is 2.66. The molecule has 0 aromatic heterocycles. The van der Waals surface area contributed by atoms with Crippen molar-refractivity contribution in [1.29, 1.82) is 0 Å². The van der Waals surface area contributed by atoms with E-state index >= 15 is 0 Å². The van der Waals surface area contributed by atoms with E-state index in [1.807, 2.05) is 0 Å². The minimum absolute atomic E-state index is 0.781. The van der Waals surface area contributed by atoms with Gasteiger partial charge in [0.2, 0.25) is 0 Å². The molecule has 3 heteroatoms. The van der Waals surface area contributed by atoms with Crippen LogP contribution in [0.4, 0.5) is 0 Å². The second-order valence-corrected chi connectivity index (χ2v) is 7.07. The predicted molar refractivity (Wildman–Crippen MR) is 85.0 cm³/mol. The van der Waals surface area contributed by atoms with Crippen molar-refractivity contribution in [3.05, 3.63) is 0 Å². The first-order chi connectivity index (χ1) is 9.88. The Bertz CT molecular complexity index is 284. The van der Waals surface area contributed by atoms with Crippen LogP contribution >= 0.6 is 0 Å². The summed E-state index contributed by atoms with van der Waals surface area (Å²) in [5.41, 5.74) is 0. The van der Waals surface area contributed by atoms with Gasteiger partial charge in [-0.2, -0.15) is 0 Å². The van der Waals surface area contributed by atoms with Crippen molar-refractivity contribution in [2.24, 2.45) is 5.92 Å². The fraction of sp³-hybridized carbons (Fsp3) is 1.00. The van der Waals surface area contributed by atoms with Gasteiger partial charge < -0.3 is 10.6 Å². The lowest BCUT2D eigenvalue weighted by Crippen LogP contribution is -2.48. The fourth-order valence-electron chi connectivity index (χ4n) is 4.40. The van der Waals surface area contributed by atoms with Crippen molar-refractivity contribution in [3.63, 3.8) is 0 Å². The zero-order valence-corrected chi connectivity index (χ0v) is 13.2. The van der Waals surface area contributed by atoms with Crippen LogP contribution in [-0.2, 0) is 0 Å². The summed E-state index contributed by atoms with van der Waals surface area (Å²) in [5, 5.41) is 7.67. The number of rotatable bonds is 7. The second kappa shape index (κ2) is 7.24. The lowest BCUT2D eigenvalue weighted by Gasteiger charge is -2.33. The van der Waals surface area contributed by atoms with Gasteiger partial charge in [0.15, 0.2) is 0 Å². The minimum atomic E-state index is 0.781. The average Bonchev–Trinajstić information content (AvgIpc) is 3.23. The SMILES string of the molecule is CCN(CCNC1CCCC1C1CCCCN1)C1CC1. The zero-order valence-electron chi connectivity index (χ0n) is 13.2. The van der Waals surface area contributed by atoms with Crippen molar-refractivity contribution in [1.82, 2.24) is 15.5 Å². The third-order valence-corrected chi connectivity index (χ3v) is 5.71. The number of likely N-dealkylation sites (N-methyl/N-ethyl adjacent to an activating group) is 1. The average molecular weight is 279 g/mol. The van der Waals surface area contributed by atoms with Gasteiger partial charge in [0.25, 0.3) is 0 Å². The van der Waals surface area contributed by atoms with Gasteiger partial charge in [0, 0.05) is 31.2 Å². The van der Waals surface area contributed by atoms with Crippen LogP contribution in [0, 0.1) is 5.92 Å². The van der Waals surface area contributed by atoms with E-state index in [1.165, 1.54) is 77.5 Å². The summed E-state index contributed by atoms with van der Waals surface area (Å²) in [6.07, 6.45) is 11.4. The Morgan fingerprint density at radius 1 is 1.05 bits per heavy atom. The molecule has 3 fully saturated rings. The summed E-state index contributed by atoms with van der Waals surface area (Å²) in [6, 6.07) is 2.50. The molecule has 0 aromatic rings. The van der Waals surface area contributed by atoms with Crippen LogP contribution in [0.15, 0.2) is 0 Å². The van der Waals surface area contributed by atoms with Gasteiger partial charge in [-0.1, -0.05) is 19.8 Å². The van der Waals surface area contributed by atoms with Crippen molar-refractivity contribution < 1.29 is 0 Å². The van der Waals surface area contributed by atoms with Crippen LogP contribution in [0.25, 0.3) is 0 Å². The molecule has 0 aromatic carbocycles. The molecule has 2 aliphatic carbocycles. The maximum atomic E-state index is 3.89. The summed E-state index contributed by atoms with van der Waals surface area (Å²) in [5.74, 6) is 0.895. The standard InChI is InChI=1S/C17H33N3/c1-2-20(14-9-10-14)13-12-19-17-8-5-6-15(17)16-7-3-4-11-18-16/h14-19H,2-13H2,1H3. The number of hydrogen-bond donors (Lipinski definition) is 2. The molecule has 3 unspecified atom stereocenters. The van der Waals surface area contributed by atoms with Crippen LogP contribution in [0.5, 0.6) is 0 Å². The maximum absolute atomic E-state index is 3.89. The third-order valence-electron chi connectivity index (χ3n) is 5.71. The summed E-state index contributed by atoms with van der Waals surface area (Å²) in [6.45, 7) is 7.23. The van der Waals surface area contributed by atoms with Gasteiger partial charge in [-0.05, 0) is 57.5 Å². The Morgan fingerprint density at radius 2 is 1.95 bits per heavy atom. The highest BCUT2D eigenvalue weighted by Gasteiger charge is 2.34. The van der Waals surface area contributed by atoms with E-state index in [0.29, 0.717) is 0 Å². The number of hydrogen-bond acceptors (Lipinski definition) is 3. The molecular weight excluding hydrogens is 246 g/mol. The Morgan fingerprint density at radius 3 is 2.65 bits per heavy atom. The molecule has 116 valence electrons. The molecular formula is C17H33N3. The largest absolute Gasteiger partial charge is 0.314 e. The monoisotopic (exact) mass is 279 g/mol. The highest BCUT2D eigenvalue weighted by atomic mass is 15.2. The molecule has 1 heterocycles. The fourth-order valence-corrected chi connectivity index (χ4v) is 4.40. The van der Waals surface area contributed by atoms with Crippen molar-refractivity contribution in [2.45, 2.75) is 76.4 Å². The van der Waals surface area contributed by atoms with Gasteiger partial charge in [0.1, 0.15) is 0 Å². The summed E-state index contributed by atoms with van der Waals surface area (Å²) >= 11 is 0. The molecule has 0 radical (unpaired) electrons. The quantitative estimate of drug-likeness (QED) is 0.749. The van der Waals surface area contributed by atoms with Gasteiger partial charge in [-0.15, -0.1) is 0 Å². The summed E-state index contributed by atoms with van der Waals surface area (Å²) < 4.78 is 0. The number of nitrogens with one attached hydrogen (secondary N) is 2. The Hall–Kier alpha value is -0.120. The topological polar surface area (TPSA) is 27.3 Å². The minimum Gasteiger partial charge on any atom is -0.314 e. The van der Waals surface area contributed by atoms with Crippen LogP contribution < -0.4 is 10.6 Å². The lowest BCUT2D eigenvalue weighted by atomic mass is 9.88. The van der Waals surface area contributed by atoms with E-state index in [-0.39, 0.29) is 0 Å². The molecule has 2 N–H and O–H groups in total. The molecule has 3 atom stereocenters. The van der Waals surface area contributed by atoms with E-state index in [9.17, 15) is 0 Å². The Kier molecular flexibility index (Phi) is 5.36. The van der Waals surface area contributed by atoms with E-state index in [4.69, 9.17) is 0 Å². The van der Waals surface area contributed by atoms with Gasteiger partial charge in [-0.3, -0.25) is 4.90 Å². The summed E-state index contributed by atoms with van der Waals surface area (Å²) in [7, 11) is 0. The maximum Gasteiger partial charge on any atom is 0.0111 e. The third kappa shape index (κ3) is 3.75. The van der Waals surface area contributed by atoms with Crippen molar-refractivity contribution in [3.8, 4) is 0 Å². The Balaban J connectivity index is 1.41. The molecule has 1 aliphatic heterocycles. The van der Waals surface area contributed by atoms with Crippen LogP contribution in [0.3, 0.4) is 0 Å². The van der Waals surface area contributed by atoms with E-state index in [0.717, 1.165) is 24.0 Å². The molecule has 2 saturated carbocycles. The molecule has 3 rings (SSSR count). The van der Waals surface area contributed by atoms with Crippen molar-refractivity contribution in [2.75, 3.05) is 26.2 Å². The smallest absolute Gasteiger partial charge is 0.0111 e. The molecule has 3 aliphatic rings. The Labute approximate surface area is 124 Å². The molecule has 0 bridgehead atoms. The van der Waals surface area contributed by atoms with E-state index < -0.39 is 0 Å². The number of piperidine rings is 1. The van der Waals surface area contributed by atoms with Crippen LogP contribution in [-0.4, -0.2) is 49.2 Å². The van der Waals surface area contributed by atoms with Gasteiger partial charge >= 0.3 is 0 Å². The van der Waals surface area contributed by atoms with Crippen molar-refractivity contribution >= 4 is 0 Å². The normalized spacial score (nSPS) is 34.8. The van der Waals surface area contributed by atoms with Crippen LogP contribution in [0.2, 0.25) is 0 Å². The first kappa shape index (κ1) is 14.8. The molecule has 20 heavy (non-hydrogen) atoms. The zero-order chi connectivity index (χ0) is 13.8. The predicted octanol–water partition coefficient (Wildman–Crippen LogP) is 2.37. The van der Waals surface area contributed by atoms with Gasteiger partial charge in [-0.25, -0.2) is 0 Å². The first-order valence-electron chi connectivity index (χ1n) is 9.09. The van der Waals surface area contributed by atoms with E-state index in [2.05, 4.69) is 22.5 Å². The highest BCUT2D eigenvalue weighted by Crippen LogP contribution is 2.32. The molecule has 1 saturated heterocycles. The van der Waals surface area contributed by atoms with Crippen LogP contribution in [0.1, 0.15) is 58.3 Å². The second-order valence-electron chi connectivity index (χ2n) is 7.07. The number of nitrogens with zero attached hydrogens (tertiary/aromatic N) is 1. The first-order valence-corrected chi connectivity index (χ1v) is 9.09. The molecule has 0 amide bonds. The molecule has 0 spiro atoms.